The van der Waals surface area contributed by atoms with Crippen molar-refractivity contribution in [3.05, 3.63) is 12.7 Å². The Balaban J connectivity index is 1.65. The van der Waals surface area contributed by atoms with Crippen LogP contribution < -0.4 is 5.73 Å². The third-order valence-corrected chi connectivity index (χ3v) is 3.43. The van der Waals surface area contributed by atoms with Gasteiger partial charge in [0.1, 0.15) is 11.8 Å². The fraction of sp³-hybridized carbons (Fsp3) is 0.500. The van der Waals surface area contributed by atoms with E-state index in [2.05, 4.69) is 15.0 Å². The molecule has 19 heavy (non-hydrogen) atoms. The number of rotatable bonds is 4. The summed E-state index contributed by atoms with van der Waals surface area (Å²) in [6.45, 7) is 2.45. The van der Waals surface area contributed by atoms with Gasteiger partial charge in [-0.15, -0.1) is 0 Å². The van der Waals surface area contributed by atoms with Crippen LogP contribution in [0.15, 0.2) is 12.7 Å². The maximum Gasteiger partial charge on any atom is 0.222 e. The summed E-state index contributed by atoms with van der Waals surface area (Å²) in [7, 11) is 0. The van der Waals surface area contributed by atoms with Crippen LogP contribution >= 0.6 is 0 Å². The smallest absolute Gasteiger partial charge is 0.222 e. The molecule has 0 saturated carbocycles. The van der Waals surface area contributed by atoms with E-state index in [0.29, 0.717) is 17.8 Å². The van der Waals surface area contributed by atoms with Crippen molar-refractivity contribution in [2.75, 3.05) is 18.8 Å². The van der Waals surface area contributed by atoms with E-state index in [-0.39, 0.29) is 5.91 Å². The molecule has 1 aliphatic heterocycles. The number of imidazole rings is 1. The lowest BCUT2D eigenvalue weighted by Gasteiger charge is -2.15. The zero-order valence-corrected chi connectivity index (χ0v) is 10.6. The molecule has 0 aliphatic carbocycles. The quantitative estimate of drug-likeness (QED) is 0.860. The number of nitrogens with zero attached hydrogens (tertiary/aromatic N) is 5. The topological polar surface area (TPSA) is 89.9 Å². The molecule has 2 aromatic heterocycles. The molecule has 0 aromatic carbocycles. The Bertz CT molecular complexity index is 607. The highest BCUT2D eigenvalue weighted by molar-refractivity contribution is 5.81. The third-order valence-electron chi connectivity index (χ3n) is 3.43. The van der Waals surface area contributed by atoms with Crippen LogP contribution in [0.1, 0.15) is 19.3 Å². The maximum atomic E-state index is 11.5. The van der Waals surface area contributed by atoms with E-state index in [0.717, 1.165) is 38.1 Å². The van der Waals surface area contributed by atoms with Gasteiger partial charge < -0.3 is 15.2 Å². The fourth-order valence-corrected chi connectivity index (χ4v) is 2.43. The lowest BCUT2D eigenvalue weighted by atomic mass is 10.4. The molecule has 2 aromatic rings. The molecule has 0 spiro atoms. The lowest BCUT2D eigenvalue weighted by molar-refractivity contribution is -0.127. The van der Waals surface area contributed by atoms with Crippen LogP contribution in [0.2, 0.25) is 0 Å². The van der Waals surface area contributed by atoms with Crippen LogP contribution in [-0.2, 0) is 11.3 Å². The molecular formula is C12H16N6O. The van der Waals surface area contributed by atoms with Crippen molar-refractivity contribution in [1.29, 1.82) is 0 Å². The number of hydrogen-bond donors (Lipinski definition) is 1. The summed E-state index contributed by atoms with van der Waals surface area (Å²) in [6.07, 6.45) is 5.73. The molecule has 0 radical (unpaired) electrons. The number of fused-ring (bicyclic) bond motifs is 1. The summed E-state index contributed by atoms with van der Waals surface area (Å²) in [5.74, 6) is 0.667. The number of nitrogens with two attached hydrogens (primary N) is 1. The summed E-state index contributed by atoms with van der Waals surface area (Å²) in [6, 6.07) is 0. The highest BCUT2D eigenvalue weighted by Gasteiger charge is 2.19. The first-order valence-corrected chi connectivity index (χ1v) is 6.45. The maximum absolute atomic E-state index is 11.5. The van der Waals surface area contributed by atoms with Gasteiger partial charge in [0, 0.05) is 26.1 Å². The van der Waals surface area contributed by atoms with Gasteiger partial charge in [0.15, 0.2) is 11.5 Å². The van der Waals surface area contributed by atoms with Crippen molar-refractivity contribution < 1.29 is 4.79 Å². The molecule has 1 saturated heterocycles. The average Bonchev–Trinajstić information content (AvgIpc) is 2.98. The first-order valence-electron chi connectivity index (χ1n) is 6.45. The zero-order valence-electron chi connectivity index (χ0n) is 10.6. The number of amides is 1. The van der Waals surface area contributed by atoms with E-state index in [1.807, 2.05) is 9.47 Å². The molecule has 2 N–H and O–H groups in total. The molecule has 1 aliphatic rings. The molecule has 3 rings (SSSR count). The minimum atomic E-state index is 0.266. The standard InChI is InChI=1S/C12H16N6O/c13-11-10-12(15-7-14-11)18(8-16-10)6-2-5-17-4-1-3-9(17)19/h7-8H,1-6H2,(H2,13,14,15). The van der Waals surface area contributed by atoms with E-state index in [4.69, 9.17) is 5.73 Å². The van der Waals surface area contributed by atoms with Crippen molar-refractivity contribution in [3.63, 3.8) is 0 Å². The first-order chi connectivity index (χ1) is 9.25. The Labute approximate surface area is 110 Å². The zero-order chi connectivity index (χ0) is 13.2. The number of carbonyl (C=O) groups is 1. The van der Waals surface area contributed by atoms with Crippen LogP contribution in [0.3, 0.4) is 0 Å². The van der Waals surface area contributed by atoms with Gasteiger partial charge in [-0.3, -0.25) is 4.79 Å². The Morgan fingerprint density at radius 3 is 2.95 bits per heavy atom. The van der Waals surface area contributed by atoms with Crippen LogP contribution in [0, 0.1) is 0 Å². The average molecular weight is 260 g/mol. The fourth-order valence-electron chi connectivity index (χ4n) is 2.43. The predicted octanol–water partition coefficient (Wildman–Crippen LogP) is 0.421. The van der Waals surface area contributed by atoms with Gasteiger partial charge in [-0.2, -0.15) is 0 Å². The molecule has 100 valence electrons. The minimum Gasteiger partial charge on any atom is -0.382 e. The molecule has 1 fully saturated rings. The number of nitrogen functional groups attached to an aromatic ring is 1. The van der Waals surface area contributed by atoms with Gasteiger partial charge in [-0.1, -0.05) is 0 Å². The molecule has 3 heterocycles. The Morgan fingerprint density at radius 2 is 2.16 bits per heavy atom. The normalized spacial score (nSPS) is 15.6. The Morgan fingerprint density at radius 1 is 1.26 bits per heavy atom. The molecule has 1 amide bonds. The Kier molecular flexibility index (Phi) is 3.02. The summed E-state index contributed by atoms with van der Waals surface area (Å²) >= 11 is 0. The molecule has 0 bridgehead atoms. The highest BCUT2D eigenvalue weighted by atomic mass is 16.2. The van der Waals surface area contributed by atoms with Crippen molar-refractivity contribution >= 4 is 22.9 Å². The summed E-state index contributed by atoms with van der Waals surface area (Å²) < 4.78 is 1.95. The minimum absolute atomic E-state index is 0.266. The Hall–Kier alpha value is -2.18. The van der Waals surface area contributed by atoms with Gasteiger partial charge in [0.2, 0.25) is 5.91 Å². The van der Waals surface area contributed by atoms with Crippen LogP contribution in [0.25, 0.3) is 11.2 Å². The number of carbonyl (C=O) groups excluding carboxylic acids is 1. The largest absolute Gasteiger partial charge is 0.382 e. The monoisotopic (exact) mass is 260 g/mol. The first kappa shape index (κ1) is 11.9. The van der Waals surface area contributed by atoms with Crippen LogP contribution in [0.5, 0.6) is 0 Å². The van der Waals surface area contributed by atoms with Gasteiger partial charge in [0.25, 0.3) is 0 Å². The van der Waals surface area contributed by atoms with Crippen LogP contribution in [0.4, 0.5) is 5.82 Å². The van der Waals surface area contributed by atoms with E-state index < -0.39 is 0 Å². The second-order valence-corrected chi connectivity index (χ2v) is 4.71. The van der Waals surface area contributed by atoms with E-state index >= 15 is 0 Å². The number of anilines is 1. The van der Waals surface area contributed by atoms with Crippen molar-refractivity contribution in [2.24, 2.45) is 0 Å². The predicted molar refractivity (Wildman–Crippen MR) is 70.2 cm³/mol. The van der Waals surface area contributed by atoms with E-state index in [1.54, 1.807) is 6.33 Å². The van der Waals surface area contributed by atoms with Gasteiger partial charge in [-0.25, -0.2) is 15.0 Å². The van der Waals surface area contributed by atoms with Gasteiger partial charge in [0.05, 0.1) is 6.33 Å². The summed E-state index contributed by atoms with van der Waals surface area (Å²) in [4.78, 5) is 25.7. The van der Waals surface area contributed by atoms with Crippen molar-refractivity contribution in [2.45, 2.75) is 25.8 Å². The highest BCUT2D eigenvalue weighted by Crippen LogP contribution is 2.15. The molecule has 7 nitrogen and oxygen atoms in total. The lowest BCUT2D eigenvalue weighted by Crippen LogP contribution is -2.26. The molecule has 7 heteroatoms. The third kappa shape index (κ3) is 2.23. The number of aromatic nitrogens is 4. The number of hydrogen-bond acceptors (Lipinski definition) is 5. The second kappa shape index (κ2) is 4.83. The second-order valence-electron chi connectivity index (χ2n) is 4.71. The van der Waals surface area contributed by atoms with Crippen molar-refractivity contribution in [1.82, 2.24) is 24.4 Å². The summed E-state index contributed by atoms with van der Waals surface area (Å²) in [5, 5.41) is 0. The van der Waals surface area contributed by atoms with Crippen LogP contribution in [-0.4, -0.2) is 43.4 Å². The van der Waals surface area contributed by atoms with E-state index in [9.17, 15) is 4.79 Å². The molecular weight excluding hydrogens is 244 g/mol. The van der Waals surface area contributed by atoms with Gasteiger partial charge in [-0.05, 0) is 12.8 Å². The molecule has 0 atom stereocenters. The number of likely N-dealkylation sites (tertiary alicyclic amines) is 1. The van der Waals surface area contributed by atoms with Crippen molar-refractivity contribution in [3.8, 4) is 0 Å². The summed E-state index contributed by atoms with van der Waals surface area (Å²) in [5.41, 5.74) is 7.13. The number of aryl methyl sites for hydroxylation is 1. The van der Waals surface area contributed by atoms with Gasteiger partial charge >= 0.3 is 0 Å². The molecule has 0 unspecified atom stereocenters. The van der Waals surface area contributed by atoms with E-state index in [1.165, 1.54) is 6.33 Å². The SMILES string of the molecule is Nc1ncnc2c1ncn2CCCN1CCCC1=O.